The van der Waals surface area contributed by atoms with Gasteiger partial charge in [0.05, 0.1) is 0 Å². The molecule has 2 aromatic carbocycles. The van der Waals surface area contributed by atoms with Gasteiger partial charge in [-0.3, -0.25) is 4.79 Å². The Morgan fingerprint density at radius 3 is 2.44 bits per heavy atom. The van der Waals surface area contributed by atoms with Crippen LogP contribution in [0, 0.1) is 0 Å². The number of phenolic OH excluding ortho intramolecular Hbond substituents is 2. The Labute approximate surface area is 144 Å². The second-order valence-electron chi connectivity index (χ2n) is 6.97. The quantitative estimate of drug-likeness (QED) is 0.703. The molecule has 1 unspecified atom stereocenters. The molecule has 5 nitrogen and oxygen atoms in total. The Hall–Kier alpha value is -2.95. The van der Waals surface area contributed by atoms with Crippen molar-refractivity contribution in [3.63, 3.8) is 0 Å². The fraction of sp³-hybridized carbons (Fsp3) is 0.250. The predicted molar refractivity (Wildman–Crippen MR) is 94.4 cm³/mol. The first-order valence-corrected chi connectivity index (χ1v) is 8.09. The Morgan fingerprint density at radius 2 is 1.76 bits per heavy atom. The van der Waals surface area contributed by atoms with Gasteiger partial charge in [-0.2, -0.15) is 0 Å². The van der Waals surface area contributed by atoms with E-state index >= 15 is 0 Å². The Morgan fingerprint density at radius 1 is 1.08 bits per heavy atom. The molecule has 0 bridgehead atoms. The van der Waals surface area contributed by atoms with Gasteiger partial charge in [0.15, 0.2) is 5.43 Å². The van der Waals surface area contributed by atoms with Crippen LogP contribution < -0.4 is 10.2 Å². The number of phenols is 2. The molecular weight excluding hydrogens is 320 g/mol. The largest absolute Gasteiger partial charge is 0.508 e. The maximum absolute atomic E-state index is 12.6. The minimum absolute atomic E-state index is 0.0761. The first kappa shape index (κ1) is 15.6. The fourth-order valence-electron chi connectivity index (χ4n) is 3.30. The van der Waals surface area contributed by atoms with E-state index in [0.717, 1.165) is 0 Å². The molecule has 2 heterocycles. The summed E-state index contributed by atoms with van der Waals surface area (Å²) >= 11 is 0. The van der Waals surface area contributed by atoms with Gasteiger partial charge < -0.3 is 19.4 Å². The van der Waals surface area contributed by atoms with Gasteiger partial charge in [0.1, 0.15) is 40.1 Å². The van der Waals surface area contributed by atoms with Crippen molar-refractivity contribution in [2.24, 2.45) is 0 Å². The molecule has 1 aliphatic rings. The van der Waals surface area contributed by atoms with Crippen LogP contribution in [0.5, 0.6) is 17.2 Å². The highest BCUT2D eigenvalue weighted by molar-refractivity contribution is 5.89. The van der Waals surface area contributed by atoms with Gasteiger partial charge in [-0.25, -0.2) is 0 Å². The molecule has 2 N–H and O–H groups in total. The molecule has 25 heavy (non-hydrogen) atoms. The average Bonchev–Trinajstić information content (AvgIpc) is 2.77. The minimum Gasteiger partial charge on any atom is -0.508 e. The van der Waals surface area contributed by atoms with Gasteiger partial charge in [-0.15, -0.1) is 0 Å². The van der Waals surface area contributed by atoms with Gasteiger partial charge in [-0.05, 0) is 31.2 Å². The van der Waals surface area contributed by atoms with Crippen LogP contribution in [0.4, 0.5) is 0 Å². The van der Waals surface area contributed by atoms with Crippen molar-refractivity contribution in [2.75, 3.05) is 0 Å². The van der Waals surface area contributed by atoms with E-state index in [1.165, 1.54) is 18.2 Å². The molecule has 1 aliphatic heterocycles. The third-order valence-electron chi connectivity index (χ3n) is 5.07. The van der Waals surface area contributed by atoms with Crippen LogP contribution in [0.15, 0.2) is 45.6 Å². The molecule has 0 fully saturated rings. The number of aromatic hydroxyl groups is 2. The van der Waals surface area contributed by atoms with Gasteiger partial charge in [-0.1, -0.05) is 13.8 Å². The van der Waals surface area contributed by atoms with Crippen LogP contribution in [-0.4, -0.2) is 16.3 Å². The summed E-state index contributed by atoms with van der Waals surface area (Å²) in [4.78, 5) is 12.6. The normalized spacial score (nSPS) is 18.1. The highest BCUT2D eigenvalue weighted by Gasteiger charge is 2.42. The van der Waals surface area contributed by atoms with Crippen LogP contribution in [0.2, 0.25) is 0 Å². The third kappa shape index (κ3) is 2.19. The zero-order chi connectivity index (χ0) is 17.9. The topological polar surface area (TPSA) is 79.9 Å². The Balaban J connectivity index is 1.99. The summed E-state index contributed by atoms with van der Waals surface area (Å²) in [6.07, 6.45) is -0.128. The van der Waals surface area contributed by atoms with E-state index in [2.05, 4.69) is 0 Å². The highest BCUT2D eigenvalue weighted by Crippen LogP contribution is 2.49. The van der Waals surface area contributed by atoms with E-state index in [9.17, 15) is 15.0 Å². The van der Waals surface area contributed by atoms with E-state index in [0.29, 0.717) is 22.6 Å². The van der Waals surface area contributed by atoms with Crippen molar-refractivity contribution in [3.8, 4) is 28.6 Å². The summed E-state index contributed by atoms with van der Waals surface area (Å²) < 4.78 is 11.7. The van der Waals surface area contributed by atoms with Crippen molar-refractivity contribution in [3.05, 3.63) is 52.2 Å². The van der Waals surface area contributed by atoms with Crippen molar-refractivity contribution < 1.29 is 19.4 Å². The summed E-state index contributed by atoms with van der Waals surface area (Å²) in [5.41, 5.74) is 0.843. The van der Waals surface area contributed by atoms with Crippen LogP contribution in [0.1, 0.15) is 26.3 Å². The van der Waals surface area contributed by atoms with Crippen LogP contribution in [-0.2, 0) is 5.41 Å². The summed E-state index contributed by atoms with van der Waals surface area (Å²) in [6, 6.07) is 9.39. The average molecular weight is 338 g/mol. The van der Waals surface area contributed by atoms with Gasteiger partial charge in [0.25, 0.3) is 0 Å². The van der Waals surface area contributed by atoms with Crippen molar-refractivity contribution in [1.82, 2.24) is 0 Å². The zero-order valence-corrected chi connectivity index (χ0v) is 14.2. The molecule has 1 atom stereocenters. The van der Waals surface area contributed by atoms with Crippen molar-refractivity contribution in [2.45, 2.75) is 32.3 Å². The first-order chi connectivity index (χ1) is 11.8. The van der Waals surface area contributed by atoms with Crippen LogP contribution in [0.25, 0.3) is 22.3 Å². The predicted octanol–water partition coefficient (Wildman–Crippen LogP) is 3.93. The first-order valence-electron chi connectivity index (χ1n) is 8.09. The lowest BCUT2D eigenvalue weighted by atomic mass is 9.80. The molecule has 0 amide bonds. The van der Waals surface area contributed by atoms with E-state index < -0.39 is 5.41 Å². The molecule has 0 saturated heterocycles. The van der Waals surface area contributed by atoms with Crippen LogP contribution >= 0.6 is 0 Å². The molecule has 5 heteroatoms. The van der Waals surface area contributed by atoms with E-state index in [-0.39, 0.29) is 34.0 Å². The van der Waals surface area contributed by atoms with Gasteiger partial charge >= 0.3 is 0 Å². The van der Waals surface area contributed by atoms with Gasteiger partial charge in [0, 0.05) is 28.7 Å². The van der Waals surface area contributed by atoms with Crippen molar-refractivity contribution >= 4 is 11.0 Å². The van der Waals surface area contributed by atoms with E-state index in [1.54, 1.807) is 18.2 Å². The lowest BCUT2D eigenvalue weighted by Gasteiger charge is -2.22. The molecule has 0 spiro atoms. The molecule has 0 aliphatic carbocycles. The second kappa shape index (κ2) is 5.02. The second-order valence-corrected chi connectivity index (χ2v) is 6.97. The molecule has 0 saturated carbocycles. The smallest absolute Gasteiger partial charge is 0.197 e. The number of benzene rings is 2. The summed E-state index contributed by atoms with van der Waals surface area (Å²) in [7, 11) is 0. The third-order valence-corrected chi connectivity index (χ3v) is 5.07. The van der Waals surface area contributed by atoms with E-state index in [1.807, 2.05) is 20.8 Å². The molecule has 1 aromatic heterocycles. The van der Waals surface area contributed by atoms with Crippen LogP contribution in [0.3, 0.4) is 0 Å². The van der Waals surface area contributed by atoms with Gasteiger partial charge in [0.2, 0.25) is 0 Å². The number of hydrogen-bond acceptors (Lipinski definition) is 5. The number of rotatable bonds is 1. The standard InChI is InChI=1S/C20H18O5/c1-10-20(2,3)18-16(24-10)9-15-17(19(18)23)13(22)8-14(25-15)11-4-6-12(21)7-5-11/h4-10,21,23H,1-3H3. The van der Waals surface area contributed by atoms with E-state index in [4.69, 9.17) is 9.15 Å². The molecular formula is C20H18O5. The lowest BCUT2D eigenvalue weighted by Crippen LogP contribution is -2.29. The monoisotopic (exact) mass is 338 g/mol. The Kier molecular flexibility index (Phi) is 3.13. The molecule has 4 rings (SSSR count). The molecule has 3 aromatic rings. The zero-order valence-electron chi connectivity index (χ0n) is 14.2. The number of hydrogen-bond donors (Lipinski definition) is 2. The summed E-state index contributed by atoms with van der Waals surface area (Å²) in [5, 5.41) is 20.3. The lowest BCUT2D eigenvalue weighted by molar-refractivity contribution is 0.185. The minimum atomic E-state index is -0.407. The summed E-state index contributed by atoms with van der Waals surface area (Å²) in [5.74, 6) is 0.954. The highest BCUT2D eigenvalue weighted by atomic mass is 16.5. The molecule has 0 radical (unpaired) electrons. The Bertz CT molecular complexity index is 1040. The maximum Gasteiger partial charge on any atom is 0.197 e. The summed E-state index contributed by atoms with van der Waals surface area (Å²) in [6.45, 7) is 5.88. The fourth-order valence-corrected chi connectivity index (χ4v) is 3.30. The number of ether oxygens (including phenoxy) is 1. The number of fused-ring (bicyclic) bond motifs is 2. The SMILES string of the molecule is CC1Oc2cc3oc(-c4ccc(O)cc4)cc(=O)c3c(O)c2C1(C)C. The van der Waals surface area contributed by atoms with Crippen molar-refractivity contribution in [1.29, 1.82) is 0 Å². The molecule has 128 valence electrons. The maximum atomic E-state index is 12.6.